The van der Waals surface area contributed by atoms with Crippen molar-refractivity contribution >= 4 is 11.8 Å². The van der Waals surface area contributed by atoms with Gasteiger partial charge >= 0.3 is 0 Å². The summed E-state index contributed by atoms with van der Waals surface area (Å²) in [6, 6.07) is -0.361. The summed E-state index contributed by atoms with van der Waals surface area (Å²) in [6.45, 7) is 22.5. The van der Waals surface area contributed by atoms with Gasteiger partial charge in [-0.15, -0.1) is 0 Å². The van der Waals surface area contributed by atoms with Crippen LogP contribution in [0.1, 0.15) is 284 Å². The summed E-state index contributed by atoms with van der Waals surface area (Å²) in [6.07, 6.45) is 60.1. The molecule has 0 aliphatic heterocycles. The Hall–Kier alpha value is -1.94. The lowest BCUT2D eigenvalue weighted by Gasteiger charge is -2.37. The molecule has 0 aromatic rings. The number of rotatable bonds is 69. The van der Waals surface area contributed by atoms with Crippen molar-refractivity contribution in [1.82, 2.24) is 31.9 Å². The van der Waals surface area contributed by atoms with E-state index >= 15 is 0 Å². The zero-order chi connectivity index (χ0) is 61.4. The predicted octanol–water partition coefficient (Wildman–Crippen LogP) is 13.2. The van der Waals surface area contributed by atoms with Gasteiger partial charge < -0.3 is 58.1 Å². The third-order valence-corrected chi connectivity index (χ3v) is 17.5. The number of hydrogen-bond donors (Lipinski definition) is 9. The molecular weight excluding hydrogens is 1040 g/mol. The number of amides is 2. The van der Waals surface area contributed by atoms with Gasteiger partial charge in [0.1, 0.15) is 0 Å². The van der Waals surface area contributed by atoms with Crippen LogP contribution in [0.4, 0.5) is 0 Å². The van der Waals surface area contributed by atoms with Gasteiger partial charge in [0.05, 0.1) is 65.4 Å². The van der Waals surface area contributed by atoms with E-state index in [2.05, 4.69) is 91.1 Å². The first-order chi connectivity index (χ1) is 41.1. The van der Waals surface area contributed by atoms with Gasteiger partial charge in [-0.2, -0.15) is 0 Å². The fourth-order valence-corrected chi connectivity index (χ4v) is 11.8. The molecule has 0 fully saturated rings. The van der Waals surface area contributed by atoms with Gasteiger partial charge in [0.2, 0.25) is 11.8 Å². The van der Waals surface area contributed by atoms with Gasteiger partial charge in [-0.05, 0) is 187 Å². The second kappa shape index (κ2) is 64.1. The van der Waals surface area contributed by atoms with Crippen molar-refractivity contribution in [2.75, 3.05) is 125 Å². The molecule has 4 atom stereocenters. The van der Waals surface area contributed by atoms with E-state index in [0.717, 1.165) is 126 Å². The highest BCUT2D eigenvalue weighted by atomic mass is 16.2. The van der Waals surface area contributed by atoms with E-state index in [1.54, 1.807) is 0 Å². The second-order valence-corrected chi connectivity index (χ2v) is 26.0. The monoisotopic (exact) mass is 1190 g/mol. The van der Waals surface area contributed by atoms with E-state index in [0.29, 0.717) is 26.2 Å². The van der Waals surface area contributed by atoms with Crippen LogP contribution in [-0.4, -0.2) is 158 Å². The summed E-state index contributed by atoms with van der Waals surface area (Å²) in [7, 11) is 5.00. The molecule has 0 radical (unpaired) electrons. The smallest absolute Gasteiger partial charge is 0.237 e. The second-order valence-electron chi connectivity index (χ2n) is 26.0. The lowest BCUT2D eigenvalue weighted by Crippen LogP contribution is -2.50. The third-order valence-electron chi connectivity index (χ3n) is 17.5. The normalized spacial score (nSPS) is 14.1. The van der Waals surface area contributed by atoms with Crippen molar-refractivity contribution < 1.29 is 18.6 Å². The fraction of sp³-hybridized carbons (Fsp3) is 0.915. The van der Waals surface area contributed by atoms with Crippen molar-refractivity contribution in [3.63, 3.8) is 0 Å². The van der Waals surface area contributed by atoms with Crippen LogP contribution in [0.15, 0.2) is 24.3 Å². The summed E-state index contributed by atoms with van der Waals surface area (Å²) >= 11 is 0. The fourth-order valence-electron chi connectivity index (χ4n) is 11.8. The van der Waals surface area contributed by atoms with Gasteiger partial charge in [0.15, 0.2) is 0 Å². The van der Waals surface area contributed by atoms with Gasteiger partial charge in [-0.25, -0.2) is 0 Å². The predicted molar refractivity (Wildman–Crippen MR) is 369 cm³/mol. The van der Waals surface area contributed by atoms with Crippen molar-refractivity contribution in [2.24, 2.45) is 17.2 Å². The molecule has 0 heterocycles. The van der Waals surface area contributed by atoms with Crippen LogP contribution < -0.4 is 49.1 Å². The minimum atomic E-state index is -0.191. The van der Waals surface area contributed by atoms with Crippen LogP contribution in [0.2, 0.25) is 0 Å². The Morgan fingerprint density at radius 3 is 0.940 bits per heavy atom. The van der Waals surface area contributed by atoms with E-state index in [1.165, 1.54) is 232 Å². The highest BCUT2D eigenvalue weighted by Gasteiger charge is 2.25. The molecule has 13 nitrogen and oxygen atoms in total. The van der Waals surface area contributed by atoms with E-state index < -0.39 is 0 Å². The number of carbonyl (C=O) groups is 2. The number of quaternary nitrogens is 2. The number of unbranched alkanes of at least 4 members (excludes halogenated alkanes) is 26. The zero-order valence-electron chi connectivity index (χ0n) is 56.9. The minimum absolute atomic E-state index is 0.125. The first-order valence-corrected chi connectivity index (χ1v) is 36.6. The lowest BCUT2D eigenvalue weighted by molar-refractivity contribution is -0.916. The molecule has 498 valence electrons. The summed E-state index contributed by atoms with van der Waals surface area (Å²) in [5.41, 5.74) is 17.4. The molecular formula is C71H149N11O2+2. The highest BCUT2D eigenvalue weighted by molar-refractivity contribution is 5.82. The van der Waals surface area contributed by atoms with E-state index in [-0.39, 0.29) is 23.9 Å². The largest absolute Gasteiger partial charge is 0.355 e. The van der Waals surface area contributed by atoms with Gasteiger partial charge in [0, 0.05) is 38.8 Å². The van der Waals surface area contributed by atoms with E-state index in [4.69, 9.17) is 17.2 Å². The van der Waals surface area contributed by atoms with Gasteiger partial charge in [-0.1, -0.05) is 154 Å². The SMILES string of the molecule is CCCCCCCCC=CCCCCCCCC[N+](C)(CCCC[N+](C)(CCCCCCCCC=CCCCCCCCC)CCCNC(=O)C(CCCNCCCN)NCCCN)CCCNC(=O)C(CCCNCCCC)NCCCN. The molecule has 0 aromatic carbocycles. The number of nitrogens with zero attached hydrogens (tertiary/aromatic N) is 2. The molecule has 0 aromatic heterocycles. The Balaban J connectivity index is 5.69. The zero-order valence-corrected chi connectivity index (χ0v) is 56.9. The number of allylic oxidation sites excluding steroid dienone is 4. The lowest BCUT2D eigenvalue weighted by atomic mass is 10.1. The van der Waals surface area contributed by atoms with Crippen LogP contribution in [0, 0.1) is 0 Å². The Kier molecular flexibility index (Phi) is 62.6. The van der Waals surface area contributed by atoms with Crippen LogP contribution in [0.3, 0.4) is 0 Å². The maximum Gasteiger partial charge on any atom is 0.237 e. The third kappa shape index (κ3) is 55.4. The molecule has 0 aliphatic carbocycles. The van der Waals surface area contributed by atoms with Crippen molar-refractivity contribution in [3.05, 3.63) is 24.3 Å². The van der Waals surface area contributed by atoms with Crippen LogP contribution in [0.5, 0.6) is 0 Å². The molecule has 2 amide bonds. The first-order valence-electron chi connectivity index (χ1n) is 36.6. The van der Waals surface area contributed by atoms with Gasteiger partial charge in [-0.3, -0.25) is 9.59 Å². The number of hydrogen-bond acceptors (Lipinski definition) is 9. The van der Waals surface area contributed by atoms with Crippen molar-refractivity contribution in [1.29, 1.82) is 0 Å². The molecule has 0 saturated carbocycles. The van der Waals surface area contributed by atoms with Crippen LogP contribution in [-0.2, 0) is 9.59 Å². The maximum absolute atomic E-state index is 13.6. The quantitative estimate of drug-likeness (QED) is 0.0162. The number of carbonyl (C=O) groups excluding carboxylic acids is 2. The highest BCUT2D eigenvalue weighted by Crippen LogP contribution is 2.18. The molecule has 0 rings (SSSR count). The standard InChI is InChI=1S/C71H147N11O2/c1-6-9-12-14-16-18-20-22-24-26-28-30-32-34-36-38-62-81(4,66-47-60-79-70(83)68(77-58-45-52-73)49-42-55-75-54-11-8-3)64-40-41-65-82(5,63-39-37-35-33-31-29-27-25-23-21-19-17-15-13-10-7-2)67-48-61-80-71(84)69(78-59-46-53-74)50-43-56-76-57-44-51-72/h22-25,68-69,75-78H,6-21,26-67,72-74H2,1-5H3/p+2. The van der Waals surface area contributed by atoms with Crippen LogP contribution in [0.25, 0.3) is 0 Å². The molecule has 0 saturated heterocycles. The summed E-state index contributed by atoms with van der Waals surface area (Å²) in [5, 5.41) is 20.8. The van der Waals surface area contributed by atoms with Crippen molar-refractivity contribution in [3.8, 4) is 0 Å². The Morgan fingerprint density at radius 2 is 0.595 bits per heavy atom. The molecule has 84 heavy (non-hydrogen) atoms. The van der Waals surface area contributed by atoms with E-state index in [1.807, 2.05) is 0 Å². The first kappa shape index (κ1) is 82.1. The molecule has 0 spiro atoms. The molecule has 0 bridgehead atoms. The summed E-state index contributed by atoms with van der Waals surface area (Å²) < 4.78 is 2.15. The van der Waals surface area contributed by atoms with Gasteiger partial charge in [0.25, 0.3) is 0 Å². The molecule has 13 heteroatoms. The number of nitrogens with one attached hydrogen (secondary N) is 6. The Bertz CT molecular complexity index is 1330. The Morgan fingerprint density at radius 1 is 0.321 bits per heavy atom. The van der Waals surface area contributed by atoms with Crippen LogP contribution >= 0.6 is 0 Å². The summed E-state index contributed by atoms with van der Waals surface area (Å²) in [4.78, 5) is 27.2. The Labute approximate surface area is 522 Å². The molecule has 4 unspecified atom stereocenters. The number of nitrogens with two attached hydrogens (primary N) is 3. The maximum atomic E-state index is 13.6. The topological polar surface area (TPSA) is 184 Å². The summed E-state index contributed by atoms with van der Waals surface area (Å²) in [5.74, 6) is 0.266. The molecule has 12 N–H and O–H groups in total. The average Bonchev–Trinajstić information content (AvgIpc) is 3.64. The van der Waals surface area contributed by atoms with E-state index in [9.17, 15) is 9.59 Å². The van der Waals surface area contributed by atoms with Crippen molar-refractivity contribution in [2.45, 2.75) is 296 Å². The minimum Gasteiger partial charge on any atom is -0.355 e. The molecule has 0 aliphatic rings. The average molecular weight is 1190 g/mol.